The number of rotatable bonds is 10. The zero-order valence-electron chi connectivity index (χ0n) is 20.0. The van der Waals surface area contributed by atoms with E-state index in [0.29, 0.717) is 23.7 Å². The molecule has 0 spiro atoms. The first-order chi connectivity index (χ1) is 15.3. The molecule has 0 aromatic heterocycles. The summed E-state index contributed by atoms with van der Waals surface area (Å²) < 4.78 is 0. The molecule has 4 heteroatoms. The van der Waals surface area contributed by atoms with Crippen molar-refractivity contribution in [2.75, 3.05) is 10.6 Å². The van der Waals surface area contributed by atoms with Crippen LogP contribution in [0.4, 0.5) is 11.4 Å². The number of hydrogen-bond donors (Lipinski definition) is 2. The zero-order chi connectivity index (χ0) is 22.8. The zero-order valence-corrected chi connectivity index (χ0v) is 20.0. The van der Waals surface area contributed by atoms with Crippen molar-refractivity contribution in [3.63, 3.8) is 0 Å². The minimum Gasteiger partial charge on any atom is -0.325 e. The number of amides is 2. The molecule has 0 saturated heterocycles. The summed E-state index contributed by atoms with van der Waals surface area (Å²) in [6.45, 7) is 8.94. The van der Waals surface area contributed by atoms with E-state index in [4.69, 9.17) is 0 Å². The predicted molar refractivity (Wildman–Crippen MR) is 133 cm³/mol. The van der Waals surface area contributed by atoms with Crippen molar-refractivity contribution in [2.24, 2.45) is 35.5 Å². The molecule has 172 valence electrons. The predicted octanol–water partition coefficient (Wildman–Crippen LogP) is 6.86. The third-order valence-electron chi connectivity index (χ3n) is 7.19. The standard InChI is InChI=1S/C28H38N2O2/c1-17(2)11-13-19-15-23(19)27(31)29-25-9-5-8-22-21(25)7-6-10-26(22)30-28(32)24-16-20(24)14-12-18(3)4/h5-10,17-20,23-24H,11-16H2,1-4H3,(H,29,31)(H,30,32)/t19-,20+,23-,24-/m1/s1. The van der Waals surface area contributed by atoms with Crippen LogP contribution >= 0.6 is 0 Å². The van der Waals surface area contributed by atoms with Gasteiger partial charge in [-0.3, -0.25) is 9.59 Å². The van der Waals surface area contributed by atoms with Gasteiger partial charge in [0.2, 0.25) is 11.8 Å². The van der Waals surface area contributed by atoms with Crippen LogP contribution in [-0.4, -0.2) is 11.8 Å². The Labute approximate surface area is 192 Å². The Morgan fingerprint density at radius 2 is 1.16 bits per heavy atom. The molecule has 2 amide bonds. The average Bonchev–Trinajstić information content (AvgIpc) is 3.66. The number of benzene rings is 2. The van der Waals surface area contributed by atoms with Crippen LogP contribution in [0.5, 0.6) is 0 Å². The fourth-order valence-electron chi connectivity index (χ4n) is 4.85. The highest BCUT2D eigenvalue weighted by Crippen LogP contribution is 2.45. The summed E-state index contributed by atoms with van der Waals surface area (Å²) in [6, 6.07) is 11.9. The molecule has 32 heavy (non-hydrogen) atoms. The van der Waals surface area contributed by atoms with E-state index in [9.17, 15) is 9.59 Å². The quantitative estimate of drug-likeness (QED) is 0.429. The number of fused-ring (bicyclic) bond motifs is 1. The van der Waals surface area contributed by atoms with Gasteiger partial charge in [-0.1, -0.05) is 64.8 Å². The van der Waals surface area contributed by atoms with Crippen LogP contribution in [0, 0.1) is 35.5 Å². The molecule has 2 aliphatic rings. The van der Waals surface area contributed by atoms with E-state index < -0.39 is 0 Å². The monoisotopic (exact) mass is 434 g/mol. The summed E-state index contributed by atoms with van der Waals surface area (Å²) >= 11 is 0. The summed E-state index contributed by atoms with van der Waals surface area (Å²) in [5, 5.41) is 8.28. The number of carbonyl (C=O) groups is 2. The van der Waals surface area contributed by atoms with Gasteiger partial charge in [0.05, 0.1) is 0 Å². The van der Waals surface area contributed by atoms with Crippen molar-refractivity contribution in [1.29, 1.82) is 0 Å². The third-order valence-corrected chi connectivity index (χ3v) is 7.19. The molecule has 2 aromatic rings. The molecule has 2 saturated carbocycles. The molecule has 4 rings (SSSR count). The van der Waals surface area contributed by atoms with E-state index in [1.165, 1.54) is 12.8 Å². The highest BCUT2D eigenvalue weighted by Gasteiger charge is 2.43. The highest BCUT2D eigenvalue weighted by atomic mass is 16.2. The van der Waals surface area contributed by atoms with Crippen molar-refractivity contribution >= 4 is 34.0 Å². The van der Waals surface area contributed by atoms with Crippen molar-refractivity contribution in [1.82, 2.24) is 0 Å². The van der Waals surface area contributed by atoms with Crippen molar-refractivity contribution < 1.29 is 9.59 Å². The fourth-order valence-corrected chi connectivity index (χ4v) is 4.85. The van der Waals surface area contributed by atoms with Crippen molar-refractivity contribution in [2.45, 2.75) is 66.2 Å². The maximum Gasteiger partial charge on any atom is 0.227 e. The molecular weight excluding hydrogens is 396 g/mol. The van der Waals surface area contributed by atoms with Gasteiger partial charge in [0.25, 0.3) is 0 Å². The molecule has 2 N–H and O–H groups in total. The number of nitrogens with one attached hydrogen (secondary N) is 2. The van der Waals surface area contributed by atoms with E-state index in [2.05, 4.69) is 38.3 Å². The van der Waals surface area contributed by atoms with Crippen LogP contribution in [0.3, 0.4) is 0 Å². The second-order valence-electron chi connectivity index (χ2n) is 10.8. The van der Waals surface area contributed by atoms with Crippen LogP contribution in [0.1, 0.15) is 66.2 Å². The van der Waals surface area contributed by atoms with E-state index in [1.54, 1.807) is 0 Å². The van der Waals surface area contributed by atoms with Crippen LogP contribution in [-0.2, 0) is 9.59 Å². The van der Waals surface area contributed by atoms with E-state index in [1.807, 2.05) is 36.4 Å². The second-order valence-corrected chi connectivity index (χ2v) is 10.8. The van der Waals surface area contributed by atoms with Gasteiger partial charge in [-0.05, 0) is 61.5 Å². The smallest absolute Gasteiger partial charge is 0.227 e. The van der Waals surface area contributed by atoms with Gasteiger partial charge in [0.1, 0.15) is 0 Å². The summed E-state index contributed by atoms with van der Waals surface area (Å²) in [5.41, 5.74) is 1.67. The molecule has 2 aromatic carbocycles. The molecule has 0 radical (unpaired) electrons. The Hall–Kier alpha value is -2.36. The van der Waals surface area contributed by atoms with Gasteiger partial charge in [-0.2, -0.15) is 0 Å². The first kappa shape index (κ1) is 22.8. The maximum atomic E-state index is 12.8. The SMILES string of the molecule is CC(C)CC[C@@H]1C[C@H]1C(=O)Nc1cccc2c(NC(=O)[C@@H]3C[C@@H]3CCC(C)C)cccc12. The molecule has 4 nitrogen and oxygen atoms in total. The lowest BCUT2D eigenvalue weighted by Gasteiger charge is -2.13. The van der Waals surface area contributed by atoms with E-state index in [0.717, 1.165) is 47.8 Å². The number of hydrogen-bond acceptors (Lipinski definition) is 2. The minimum atomic E-state index is 0.131. The fraction of sp³-hybridized carbons (Fsp3) is 0.571. The van der Waals surface area contributed by atoms with Crippen molar-refractivity contribution in [3.8, 4) is 0 Å². The summed E-state index contributed by atoms with van der Waals surface area (Å²) in [7, 11) is 0. The topological polar surface area (TPSA) is 58.2 Å². The Bertz CT molecular complexity index is 901. The normalized spacial score (nSPS) is 24.1. The summed E-state index contributed by atoms with van der Waals surface area (Å²) in [4.78, 5) is 25.6. The largest absolute Gasteiger partial charge is 0.325 e. The van der Waals surface area contributed by atoms with Crippen LogP contribution in [0.2, 0.25) is 0 Å². The lowest BCUT2D eigenvalue weighted by Crippen LogP contribution is -2.16. The van der Waals surface area contributed by atoms with Gasteiger partial charge in [0.15, 0.2) is 0 Å². The number of anilines is 2. The molecule has 0 aliphatic heterocycles. The molecule has 0 unspecified atom stereocenters. The molecule has 2 aliphatic carbocycles. The molecule has 4 atom stereocenters. The van der Waals surface area contributed by atoms with Gasteiger partial charge >= 0.3 is 0 Å². The minimum absolute atomic E-state index is 0.131. The molecular formula is C28H38N2O2. The van der Waals surface area contributed by atoms with E-state index in [-0.39, 0.29) is 23.7 Å². The Morgan fingerprint density at radius 3 is 1.53 bits per heavy atom. The first-order valence-electron chi connectivity index (χ1n) is 12.5. The lowest BCUT2D eigenvalue weighted by molar-refractivity contribution is -0.118. The highest BCUT2D eigenvalue weighted by molar-refractivity contribution is 6.10. The van der Waals surface area contributed by atoms with Crippen LogP contribution in [0.15, 0.2) is 36.4 Å². The van der Waals surface area contributed by atoms with Crippen LogP contribution < -0.4 is 10.6 Å². The summed E-state index contributed by atoms with van der Waals surface area (Å²) in [6.07, 6.45) is 6.66. The Balaban J connectivity index is 1.40. The third kappa shape index (κ3) is 5.51. The average molecular weight is 435 g/mol. The second kappa shape index (κ2) is 9.64. The first-order valence-corrected chi connectivity index (χ1v) is 12.5. The lowest BCUT2D eigenvalue weighted by atomic mass is 10.0. The van der Waals surface area contributed by atoms with Crippen molar-refractivity contribution in [3.05, 3.63) is 36.4 Å². The molecule has 2 fully saturated rings. The number of carbonyl (C=O) groups excluding carboxylic acids is 2. The summed E-state index contributed by atoms with van der Waals surface area (Å²) in [5.74, 6) is 2.99. The van der Waals surface area contributed by atoms with Gasteiger partial charge in [-0.25, -0.2) is 0 Å². The Morgan fingerprint density at radius 1 is 0.750 bits per heavy atom. The van der Waals surface area contributed by atoms with E-state index >= 15 is 0 Å². The molecule has 0 heterocycles. The van der Waals surface area contributed by atoms with Crippen LogP contribution in [0.25, 0.3) is 10.8 Å². The van der Waals surface area contributed by atoms with Gasteiger partial charge < -0.3 is 10.6 Å². The molecule has 0 bridgehead atoms. The maximum absolute atomic E-state index is 12.8. The van der Waals surface area contributed by atoms with Gasteiger partial charge in [0, 0.05) is 34.0 Å². The van der Waals surface area contributed by atoms with Gasteiger partial charge in [-0.15, -0.1) is 0 Å². The Kier molecular flexibility index (Phi) is 6.88.